The number of carbonyl (C=O) groups excluding carboxylic acids is 1. The second-order valence-corrected chi connectivity index (χ2v) is 7.96. The van der Waals surface area contributed by atoms with E-state index in [9.17, 15) is 4.79 Å². The van der Waals surface area contributed by atoms with Crippen LogP contribution in [0.15, 0.2) is 47.1 Å². The van der Waals surface area contributed by atoms with Crippen molar-refractivity contribution in [1.29, 1.82) is 0 Å². The summed E-state index contributed by atoms with van der Waals surface area (Å²) in [6.45, 7) is 8.60. The van der Waals surface area contributed by atoms with E-state index in [1.54, 1.807) is 0 Å². The highest BCUT2D eigenvalue weighted by molar-refractivity contribution is 6.29. The summed E-state index contributed by atoms with van der Waals surface area (Å²) >= 11 is 6.21. The lowest BCUT2D eigenvalue weighted by Gasteiger charge is -2.31. The minimum atomic E-state index is -0.559. The van der Waals surface area contributed by atoms with Crippen LogP contribution in [0.4, 0.5) is 0 Å². The maximum atomic E-state index is 12.6. The van der Waals surface area contributed by atoms with Crippen molar-refractivity contribution in [3.63, 3.8) is 0 Å². The lowest BCUT2D eigenvalue weighted by Crippen LogP contribution is -2.36. The van der Waals surface area contributed by atoms with E-state index < -0.39 is 5.41 Å². The molecule has 2 atom stereocenters. The van der Waals surface area contributed by atoms with Crippen molar-refractivity contribution in [2.24, 2.45) is 5.92 Å². The van der Waals surface area contributed by atoms with E-state index in [0.29, 0.717) is 6.42 Å². The van der Waals surface area contributed by atoms with Crippen molar-refractivity contribution in [3.05, 3.63) is 58.3 Å². The zero-order chi connectivity index (χ0) is 16.1. The van der Waals surface area contributed by atoms with E-state index in [1.807, 2.05) is 19.1 Å². The highest BCUT2D eigenvalue weighted by atomic mass is 35.5. The van der Waals surface area contributed by atoms with E-state index in [0.717, 1.165) is 16.3 Å². The SMILES string of the molecule is CC(C)(C)c1ccc([C@]2(C)C(=O)NC3=CC=C(Cl)CC32)cc1. The quantitative estimate of drug-likeness (QED) is 0.817. The summed E-state index contributed by atoms with van der Waals surface area (Å²) in [5, 5.41) is 3.84. The van der Waals surface area contributed by atoms with Crippen molar-refractivity contribution < 1.29 is 4.79 Å². The molecule has 1 aliphatic heterocycles. The monoisotopic (exact) mass is 315 g/mol. The molecule has 1 unspecified atom stereocenters. The third kappa shape index (κ3) is 2.30. The third-order valence-corrected chi connectivity index (χ3v) is 5.28. The van der Waals surface area contributed by atoms with Gasteiger partial charge in [0.15, 0.2) is 0 Å². The van der Waals surface area contributed by atoms with Gasteiger partial charge in [0.2, 0.25) is 5.91 Å². The molecule has 1 aliphatic carbocycles. The van der Waals surface area contributed by atoms with Gasteiger partial charge in [-0.15, -0.1) is 0 Å². The van der Waals surface area contributed by atoms with Crippen molar-refractivity contribution >= 4 is 17.5 Å². The topological polar surface area (TPSA) is 29.1 Å². The first kappa shape index (κ1) is 15.4. The molecule has 3 heteroatoms. The molecule has 0 spiro atoms. The smallest absolute Gasteiger partial charge is 0.235 e. The van der Waals surface area contributed by atoms with E-state index in [-0.39, 0.29) is 17.2 Å². The van der Waals surface area contributed by atoms with E-state index >= 15 is 0 Å². The molecule has 2 aliphatic rings. The second kappa shape index (κ2) is 4.99. The first-order valence-electron chi connectivity index (χ1n) is 7.71. The number of nitrogens with one attached hydrogen (secondary N) is 1. The molecule has 0 saturated carbocycles. The molecule has 22 heavy (non-hydrogen) atoms. The van der Waals surface area contributed by atoms with Gasteiger partial charge in [0, 0.05) is 16.6 Å². The van der Waals surface area contributed by atoms with E-state index in [2.05, 4.69) is 50.4 Å². The number of amides is 1. The third-order valence-electron chi connectivity index (χ3n) is 5.00. The molecule has 1 aromatic rings. The predicted octanol–water partition coefficient (Wildman–Crippen LogP) is 4.40. The largest absolute Gasteiger partial charge is 0.329 e. The molecule has 3 rings (SSSR count). The summed E-state index contributed by atoms with van der Waals surface area (Å²) in [7, 11) is 0. The van der Waals surface area contributed by atoms with Gasteiger partial charge in [-0.05, 0) is 42.0 Å². The summed E-state index contributed by atoms with van der Waals surface area (Å²) in [6, 6.07) is 8.45. The van der Waals surface area contributed by atoms with E-state index in [4.69, 9.17) is 11.6 Å². The molecule has 1 heterocycles. The Kier molecular flexibility index (Phi) is 3.48. The molecule has 1 aromatic carbocycles. The second-order valence-electron chi connectivity index (χ2n) is 7.48. The Morgan fingerprint density at radius 2 is 1.82 bits per heavy atom. The number of benzene rings is 1. The van der Waals surface area contributed by atoms with Crippen LogP contribution < -0.4 is 5.32 Å². The summed E-state index contributed by atoms with van der Waals surface area (Å²) < 4.78 is 0. The van der Waals surface area contributed by atoms with Gasteiger partial charge >= 0.3 is 0 Å². The Balaban J connectivity index is 2.01. The Morgan fingerprint density at radius 3 is 2.41 bits per heavy atom. The van der Waals surface area contributed by atoms with E-state index in [1.165, 1.54) is 5.56 Å². The molecular formula is C19H22ClNO. The summed E-state index contributed by atoms with van der Waals surface area (Å²) in [6.07, 6.45) is 4.52. The first-order chi connectivity index (χ1) is 10.2. The van der Waals surface area contributed by atoms with Gasteiger partial charge in [0.1, 0.15) is 0 Å². The van der Waals surface area contributed by atoms with Crippen LogP contribution in [0.2, 0.25) is 0 Å². The van der Waals surface area contributed by atoms with Gasteiger partial charge < -0.3 is 5.32 Å². The predicted molar refractivity (Wildman–Crippen MR) is 90.8 cm³/mol. The first-order valence-corrected chi connectivity index (χ1v) is 8.09. The number of hydrogen-bond acceptors (Lipinski definition) is 1. The minimum absolute atomic E-state index is 0.0621. The highest BCUT2D eigenvalue weighted by Crippen LogP contribution is 2.46. The number of allylic oxidation sites excluding steroid dienone is 4. The minimum Gasteiger partial charge on any atom is -0.329 e. The summed E-state index contributed by atoms with van der Waals surface area (Å²) in [5.74, 6) is 0.157. The summed E-state index contributed by atoms with van der Waals surface area (Å²) in [5.41, 5.74) is 2.86. The van der Waals surface area contributed by atoms with Crippen LogP contribution in [0.5, 0.6) is 0 Å². The number of carbonyl (C=O) groups is 1. The van der Waals surface area contributed by atoms with Crippen LogP contribution >= 0.6 is 11.6 Å². The number of halogens is 1. The Hall–Kier alpha value is -1.54. The number of fused-ring (bicyclic) bond motifs is 1. The zero-order valence-electron chi connectivity index (χ0n) is 13.5. The van der Waals surface area contributed by atoms with Crippen LogP contribution in [0, 0.1) is 5.92 Å². The lowest BCUT2D eigenvalue weighted by molar-refractivity contribution is -0.124. The molecule has 0 aromatic heterocycles. The van der Waals surface area contributed by atoms with Gasteiger partial charge in [-0.25, -0.2) is 0 Å². The van der Waals surface area contributed by atoms with Gasteiger partial charge in [-0.3, -0.25) is 4.79 Å². The maximum absolute atomic E-state index is 12.6. The molecular weight excluding hydrogens is 294 g/mol. The van der Waals surface area contributed by atoms with Gasteiger partial charge in [-0.1, -0.05) is 56.6 Å². The van der Waals surface area contributed by atoms with Crippen LogP contribution in [0.1, 0.15) is 45.2 Å². The fourth-order valence-electron chi connectivity index (χ4n) is 3.38. The van der Waals surface area contributed by atoms with Crippen LogP contribution in [-0.4, -0.2) is 5.91 Å². The molecule has 116 valence electrons. The van der Waals surface area contributed by atoms with Gasteiger partial charge in [0.05, 0.1) is 5.41 Å². The van der Waals surface area contributed by atoms with Crippen LogP contribution in [0.25, 0.3) is 0 Å². The van der Waals surface area contributed by atoms with Crippen molar-refractivity contribution in [1.82, 2.24) is 5.32 Å². The molecule has 1 saturated heterocycles. The Labute approximate surface area is 137 Å². The van der Waals surface area contributed by atoms with Gasteiger partial charge in [-0.2, -0.15) is 0 Å². The Bertz CT molecular complexity index is 678. The Morgan fingerprint density at radius 1 is 1.18 bits per heavy atom. The lowest BCUT2D eigenvalue weighted by atomic mass is 9.70. The zero-order valence-corrected chi connectivity index (χ0v) is 14.3. The van der Waals surface area contributed by atoms with Crippen LogP contribution in [-0.2, 0) is 15.6 Å². The molecule has 0 radical (unpaired) electrons. The molecule has 1 fully saturated rings. The average molecular weight is 316 g/mol. The molecule has 1 N–H and O–H groups in total. The standard InChI is InChI=1S/C19H22ClNO/c1-18(2,3)12-5-7-13(8-6-12)19(4)15-11-14(20)9-10-16(15)21-17(19)22/h5-10,15H,11H2,1-4H3,(H,21,22)/t15?,19-/m0/s1. The van der Waals surface area contributed by atoms with Crippen molar-refractivity contribution in [3.8, 4) is 0 Å². The summed E-state index contributed by atoms with van der Waals surface area (Å²) in [4.78, 5) is 12.6. The molecule has 1 amide bonds. The number of hydrogen-bond donors (Lipinski definition) is 1. The molecule has 0 bridgehead atoms. The highest BCUT2D eigenvalue weighted by Gasteiger charge is 2.51. The van der Waals surface area contributed by atoms with Crippen molar-refractivity contribution in [2.45, 2.75) is 44.9 Å². The normalized spacial score (nSPS) is 27.9. The fourth-order valence-corrected chi connectivity index (χ4v) is 3.60. The van der Waals surface area contributed by atoms with Gasteiger partial charge in [0.25, 0.3) is 0 Å². The number of rotatable bonds is 1. The molecule has 2 nitrogen and oxygen atoms in total. The maximum Gasteiger partial charge on any atom is 0.235 e. The van der Waals surface area contributed by atoms with Crippen LogP contribution in [0.3, 0.4) is 0 Å². The average Bonchev–Trinajstić information content (AvgIpc) is 2.71. The van der Waals surface area contributed by atoms with Crippen molar-refractivity contribution in [2.75, 3.05) is 0 Å². The fraction of sp³-hybridized carbons (Fsp3) is 0.421.